The molecule has 0 aliphatic rings. The lowest BCUT2D eigenvalue weighted by atomic mass is 10.3. The monoisotopic (exact) mass is 184 g/mol. The van der Waals surface area contributed by atoms with E-state index in [1.165, 1.54) is 0 Å². The zero-order valence-corrected chi connectivity index (χ0v) is 7.95. The van der Waals surface area contributed by atoms with Gasteiger partial charge in [-0.3, -0.25) is 5.84 Å². The molecule has 1 unspecified atom stereocenters. The normalized spacial score (nSPS) is 13.5. The maximum Gasteiger partial charge on any atom is 0.126 e. The number of nitrogens with two attached hydrogens (primary N) is 1. The highest BCUT2D eigenvalue weighted by Gasteiger charge is 2.12. The highest BCUT2D eigenvalue weighted by molar-refractivity contribution is 4.94. The number of hydrogen-bond donors (Lipinski definition) is 3. The Bertz CT molecular complexity index is 222. The fourth-order valence-corrected chi connectivity index (χ4v) is 0.963. The molecule has 0 aliphatic heterocycles. The Morgan fingerprint density at radius 3 is 2.92 bits per heavy atom. The summed E-state index contributed by atoms with van der Waals surface area (Å²) < 4.78 is 5.42. The van der Waals surface area contributed by atoms with Gasteiger partial charge < -0.3 is 9.72 Å². The smallest absolute Gasteiger partial charge is 0.126 e. The van der Waals surface area contributed by atoms with Crippen LogP contribution in [0.1, 0.15) is 25.7 Å². The Balaban J connectivity index is 2.44. The first kappa shape index (κ1) is 10.2. The van der Waals surface area contributed by atoms with E-state index in [0.29, 0.717) is 6.61 Å². The molecule has 74 valence electrons. The summed E-state index contributed by atoms with van der Waals surface area (Å²) in [4.78, 5) is 7.07. The summed E-state index contributed by atoms with van der Waals surface area (Å²) in [6, 6.07) is -0.0719. The SMILES string of the molecule is CC(C)OCC(NN)c1ncc[nH]1. The first-order valence-electron chi connectivity index (χ1n) is 4.31. The van der Waals surface area contributed by atoms with E-state index in [-0.39, 0.29) is 12.1 Å². The molecular formula is C8H16N4O. The van der Waals surface area contributed by atoms with E-state index in [2.05, 4.69) is 15.4 Å². The highest BCUT2D eigenvalue weighted by atomic mass is 16.5. The predicted molar refractivity (Wildman–Crippen MR) is 49.7 cm³/mol. The quantitative estimate of drug-likeness (QED) is 0.455. The van der Waals surface area contributed by atoms with Gasteiger partial charge in [-0.25, -0.2) is 10.4 Å². The predicted octanol–water partition coefficient (Wildman–Crippen LogP) is 0.339. The molecule has 0 aliphatic carbocycles. The lowest BCUT2D eigenvalue weighted by Crippen LogP contribution is -2.32. The molecule has 0 radical (unpaired) electrons. The summed E-state index contributed by atoms with van der Waals surface area (Å²) in [6.45, 7) is 4.48. The van der Waals surface area contributed by atoms with Crippen LogP contribution in [0.4, 0.5) is 0 Å². The summed E-state index contributed by atoms with van der Waals surface area (Å²) in [5, 5.41) is 0. The molecule has 1 rings (SSSR count). The Hall–Kier alpha value is -0.910. The molecule has 0 bridgehead atoms. The fraction of sp³-hybridized carbons (Fsp3) is 0.625. The van der Waals surface area contributed by atoms with E-state index in [0.717, 1.165) is 5.82 Å². The maximum absolute atomic E-state index is 5.42. The van der Waals surface area contributed by atoms with Crippen molar-refractivity contribution in [3.05, 3.63) is 18.2 Å². The molecule has 0 spiro atoms. The number of imidazole rings is 1. The van der Waals surface area contributed by atoms with Gasteiger partial charge in [-0.1, -0.05) is 0 Å². The van der Waals surface area contributed by atoms with Gasteiger partial charge in [0.25, 0.3) is 0 Å². The number of rotatable bonds is 5. The Morgan fingerprint density at radius 1 is 1.69 bits per heavy atom. The molecule has 0 saturated heterocycles. The zero-order valence-electron chi connectivity index (χ0n) is 7.95. The third-order valence-corrected chi connectivity index (χ3v) is 1.65. The molecule has 0 amide bonds. The third kappa shape index (κ3) is 3.14. The molecule has 13 heavy (non-hydrogen) atoms. The lowest BCUT2D eigenvalue weighted by Gasteiger charge is -2.15. The van der Waals surface area contributed by atoms with E-state index in [1.54, 1.807) is 12.4 Å². The highest BCUT2D eigenvalue weighted by Crippen LogP contribution is 2.06. The number of H-pyrrole nitrogens is 1. The van der Waals surface area contributed by atoms with E-state index >= 15 is 0 Å². The second kappa shape index (κ2) is 4.96. The maximum atomic E-state index is 5.42. The number of hydrazine groups is 1. The van der Waals surface area contributed by atoms with Gasteiger partial charge in [0.05, 0.1) is 12.7 Å². The Labute approximate surface area is 77.7 Å². The Kier molecular flexibility index (Phi) is 3.88. The second-order valence-electron chi connectivity index (χ2n) is 3.08. The summed E-state index contributed by atoms with van der Waals surface area (Å²) in [5.74, 6) is 6.15. The molecule has 0 fully saturated rings. The molecule has 1 heterocycles. The molecular weight excluding hydrogens is 168 g/mol. The second-order valence-corrected chi connectivity index (χ2v) is 3.08. The largest absolute Gasteiger partial charge is 0.377 e. The van der Waals surface area contributed by atoms with Crippen molar-refractivity contribution < 1.29 is 4.74 Å². The molecule has 1 aromatic rings. The molecule has 5 heteroatoms. The van der Waals surface area contributed by atoms with Crippen molar-refractivity contribution in [1.29, 1.82) is 0 Å². The van der Waals surface area contributed by atoms with Gasteiger partial charge in [0, 0.05) is 12.4 Å². The molecule has 0 aromatic carbocycles. The first-order chi connectivity index (χ1) is 6.24. The van der Waals surface area contributed by atoms with Crippen molar-refractivity contribution in [2.24, 2.45) is 5.84 Å². The standard InChI is InChI=1S/C8H16N4O/c1-6(2)13-5-7(12-9)8-10-3-4-11-8/h3-4,6-7,12H,5,9H2,1-2H3,(H,10,11). The van der Waals surface area contributed by atoms with Crippen LogP contribution >= 0.6 is 0 Å². The summed E-state index contributed by atoms with van der Waals surface area (Å²) >= 11 is 0. The van der Waals surface area contributed by atoms with Gasteiger partial charge in [-0.15, -0.1) is 0 Å². The van der Waals surface area contributed by atoms with Gasteiger partial charge >= 0.3 is 0 Å². The van der Waals surface area contributed by atoms with E-state index < -0.39 is 0 Å². The van der Waals surface area contributed by atoms with E-state index in [4.69, 9.17) is 10.6 Å². The molecule has 0 saturated carbocycles. The average Bonchev–Trinajstić information content (AvgIpc) is 2.58. The number of aromatic amines is 1. The third-order valence-electron chi connectivity index (χ3n) is 1.65. The van der Waals surface area contributed by atoms with E-state index in [9.17, 15) is 0 Å². The first-order valence-corrected chi connectivity index (χ1v) is 4.31. The summed E-state index contributed by atoms with van der Waals surface area (Å²) in [6.07, 6.45) is 3.65. The van der Waals surface area contributed by atoms with Crippen LogP contribution in [0.5, 0.6) is 0 Å². The van der Waals surface area contributed by atoms with Crippen LogP contribution < -0.4 is 11.3 Å². The number of nitrogens with zero attached hydrogens (tertiary/aromatic N) is 1. The van der Waals surface area contributed by atoms with Crippen LogP contribution in [0.2, 0.25) is 0 Å². The molecule has 5 nitrogen and oxygen atoms in total. The topological polar surface area (TPSA) is 76.0 Å². The van der Waals surface area contributed by atoms with Gasteiger partial charge in [-0.2, -0.15) is 0 Å². The van der Waals surface area contributed by atoms with Crippen LogP contribution in [-0.2, 0) is 4.74 Å². The molecule has 1 aromatic heterocycles. The number of aromatic nitrogens is 2. The summed E-state index contributed by atoms with van der Waals surface area (Å²) in [5.41, 5.74) is 2.64. The van der Waals surface area contributed by atoms with Crippen molar-refractivity contribution in [3.8, 4) is 0 Å². The number of ether oxygens (including phenoxy) is 1. The van der Waals surface area contributed by atoms with Crippen LogP contribution in [0, 0.1) is 0 Å². The minimum Gasteiger partial charge on any atom is -0.377 e. The van der Waals surface area contributed by atoms with Crippen molar-refractivity contribution >= 4 is 0 Å². The number of nitrogens with one attached hydrogen (secondary N) is 2. The van der Waals surface area contributed by atoms with Crippen LogP contribution in [0.15, 0.2) is 12.4 Å². The van der Waals surface area contributed by atoms with Gasteiger partial charge in [0.15, 0.2) is 0 Å². The minimum absolute atomic E-state index is 0.0719. The number of hydrogen-bond acceptors (Lipinski definition) is 4. The zero-order chi connectivity index (χ0) is 9.68. The van der Waals surface area contributed by atoms with E-state index in [1.807, 2.05) is 13.8 Å². The molecule has 1 atom stereocenters. The molecule has 4 N–H and O–H groups in total. The fourth-order valence-electron chi connectivity index (χ4n) is 0.963. The minimum atomic E-state index is -0.0719. The summed E-state index contributed by atoms with van der Waals surface area (Å²) in [7, 11) is 0. The average molecular weight is 184 g/mol. The van der Waals surface area contributed by atoms with Gasteiger partial charge in [0.1, 0.15) is 11.9 Å². The van der Waals surface area contributed by atoms with Crippen LogP contribution in [0.25, 0.3) is 0 Å². The lowest BCUT2D eigenvalue weighted by molar-refractivity contribution is 0.0596. The van der Waals surface area contributed by atoms with Gasteiger partial charge in [-0.05, 0) is 13.8 Å². The van der Waals surface area contributed by atoms with Crippen molar-refractivity contribution in [1.82, 2.24) is 15.4 Å². The van der Waals surface area contributed by atoms with Crippen LogP contribution in [0.3, 0.4) is 0 Å². The van der Waals surface area contributed by atoms with Crippen molar-refractivity contribution in [2.75, 3.05) is 6.61 Å². The van der Waals surface area contributed by atoms with Crippen molar-refractivity contribution in [3.63, 3.8) is 0 Å². The Morgan fingerprint density at radius 2 is 2.46 bits per heavy atom. The van der Waals surface area contributed by atoms with Crippen molar-refractivity contribution in [2.45, 2.75) is 26.0 Å². The van der Waals surface area contributed by atoms with Crippen LogP contribution in [-0.4, -0.2) is 22.7 Å². The van der Waals surface area contributed by atoms with Gasteiger partial charge in [0.2, 0.25) is 0 Å².